The Morgan fingerprint density at radius 1 is 1.16 bits per heavy atom. The number of aliphatic carboxylic acids is 1. The molecular weight excluding hydrogens is 248 g/mol. The van der Waals surface area contributed by atoms with Crippen LogP contribution in [-0.2, 0) is 14.4 Å². The Hall–Kier alpha value is -1.59. The minimum Gasteiger partial charge on any atom is -0.481 e. The smallest absolute Gasteiger partial charge is 0.307 e. The topological polar surface area (TPSA) is 77.9 Å². The quantitative estimate of drug-likeness (QED) is 0.775. The summed E-state index contributed by atoms with van der Waals surface area (Å²) in [4.78, 5) is 38.5. The lowest BCUT2D eigenvalue weighted by molar-refractivity contribution is -0.149. The molecule has 2 fully saturated rings. The van der Waals surface area contributed by atoms with Gasteiger partial charge in [0, 0.05) is 20.1 Å². The molecule has 0 aromatic heterocycles. The highest BCUT2D eigenvalue weighted by molar-refractivity contribution is 5.89. The van der Waals surface area contributed by atoms with Gasteiger partial charge in [-0.15, -0.1) is 0 Å². The number of nitrogens with zero attached hydrogens (tertiary/aromatic N) is 2. The zero-order valence-corrected chi connectivity index (χ0v) is 11.2. The molecule has 0 aromatic carbocycles. The molecule has 1 heterocycles. The highest BCUT2D eigenvalue weighted by Gasteiger charge is 2.40. The number of hydrogen-bond acceptors (Lipinski definition) is 3. The lowest BCUT2D eigenvalue weighted by Crippen LogP contribution is -2.42. The normalized spacial score (nSPS) is 28.4. The minimum absolute atomic E-state index is 0.0734. The molecule has 19 heavy (non-hydrogen) atoms. The second kappa shape index (κ2) is 5.59. The maximum Gasteiger partial charge on any atom is 0.307 e. The van der Waals surface area contributed by atoms with Gasteiger partial charge in [-0.1, -0.05) is 6.42 Å². The molecule has 2 atom stereocenters. The zero-order chi connectivity index (χ0) is 14.0. The molecule has 6 nitrogen and oxygen atoms in total. The number of carboxylic acid groups (broad SMARTS) is 1. The fourth-order valence-electron chi connectivity index (χ4n) is 2.96. The van der Waals surface area contributed by atoms with Gasteiger partial charge in [0.2, 0.25) is 11.8 Å². The molecular formula is C13H20N2O4. The highest BCUT2D eigenvalue weighted by atomic mass is 16.4. The molecule has 0 spiro atoms. The van der Waals surface area contributed by atoms with Crippen LogP contribution in [0.5, 0.6) is 0 Å². The maximum atomic E-state index is 12.4. The van der Waals surface area contributed by atoms with Crippen LogP contribution in [0.3, 0.4) is 0 Å². The number of carboxylic acids is 1. The van der Waals surface area contributed by atoms with Crippen LogP contribution >= 0.6 is 0 Å². The fourth-order valence-corrected chi connectivity index (χ4v) is 2.96. The lowest BCUT2D eigenvalue weighted by Gasteiger charge is -2.25. The number of likely N-dealkylation sites (N-methyl/N-ethyl adjacent to an activating group) is 1. The zero-order valence-electron chi connectivity index (χ0n) is 11.2. The summed E-state index contributed by atoms with van der Waals surface area (Å²) in [5.74, 6) is -2.16. The van der Waals surface area contributed by atoms with Gasteiger partial charge in [-0.2, -0.15) is 0 Å². The van der Waals surface area contributed by atoms with Gasteiger partial charge < -0.3 is 14.9 Å². The number of rotatable bonds is 2. The molecule has 0 aromatic rings. The summed E-state index contributed by atoms with van der Waals surface area (Å²) in [5.41, 5.74) is 0. The molecule has 2 aliphatic rings. The molecule has 1 saturated carbocycles. The van der Waals surface area contributed by atoms with Crippen molar-refractivity contribution in [2.24, 2.45) is 11.8 Å². The van der Waals surface area contributed by atoms with Crippen LogP contribution in [0.25, 0.3) is 0 Å². The van der Waals surface area contributed by atoms with E-state index in [-0.39, 0.29) is 18.4 Å². The summed E-state index contributed by atoms with van der Waals surface area (Å²) < 4.78 is 0. The van der Waals surface area contributed by atoms with Gasteiger partial charge in [-0.3, -0.25) is 14.4 Å². The third-order valence-electron chi connectivity index (χ3n) is 4.14. The van der Waals surface area contributed by atoms with Crippen molar-refractivity contribution >= 4 is 17.8 Å². The molecule has 1 aliphatic heterocycles. The van der Waals surface area contributed by atoms with E-state index in [1.807, 2.05) is 0 Å². The fraction of sp³-hybridized carbons (Fsp3) is 0.769. The summed E-state index contributed by atoms with van der Waals surface area (Å²) in [6.45, 7) is 1.27. The van der Waals surface area contributed by atoms with Crippen LogP contribution in [0, 0.1) is 11.8 Å². The van der Waals surface area contributed by atoms with Crippen molar-refractivity contribution in [1.82, 2.24) is 9.80 Å². The van der Waals surface area contributed by atoms with E-state index in [0.29, 0.717) is 25.9 Å². The molecule has 1 saturated heterocycles. The van der Waals surface area contributed by atoms with Crippen LogP contribution in [0.4, 0.5) is 0 Å². The van der Waals surface area contributed by atoms with Gasteiger partial charge in [-0.05, 0) is 19.3 Å². The standard InChI is InChI=1S/C13H20N2O4/c1-14-6-3-7-15(8-11(14)16)12(17)9-4-2-5-10(9)13(18)19/h9-10H,2-8H2,1H3,(H,18,19)/t9-,10+/m1/s1. The van der Waals surface area contributed by atoms with E-state index in [9.17, 15) is 14.4 Å². The maximum absolute atomic E-state index is 12.4. The Bertz CT molecular complexity index is 396. The Kier molecular flexibility index (Phi) is 4.07. The van der Waals surface area contributed by atoms with E-state index in [1.54, 1.807) is 11.9 Å². The Labute approximate surface area is 112 Å². The summed E-state index contributed by atoms with van der Waals surface area (Å²) in [5, 5.41) is 9.13. The molecule has 2 rings (SSSR count). The molecule has 1 N–H and O–H groups in total. The van der Waals surface area contributed by atoms with Crippen LogP contribution in [0.2, 0.25) is 0 Å². The van der Waals surface area contributed by atoms with E-state index in [4.69, 9.17) is 5.11 Å². The van der Waals surface area contributed by atoms with E-state index in [1.165, 1.54) is 4.90 Å². The molecule has 2 amide bonds. The lowest BCUT2D eigenvalue weighted by atomic mass is 9.94. The summed E-state index contributed by atoms with van der Waals surface area (Å²) >= 11 is 0. The van der Waals surface area contributed by atoms with E-state index in [0.717, 1.165) is 12.8 Å². The predicted molar refractivity (Wildman–Crippen MR) is 67.3 cm³/mol. The third kappa shape index (κ3) is 2.88. The first-order valence-electron chi connectivity index (χ1n) is 6.76. The Morgan fingerprint density at radius 3 is 2.53 bits per heavy atom. The number of carbonyl (C=O) groups is 3. The first-order valence-corrected chi connectivity index (χ1v) is 6.76. The van der Waals surface area contributed by atoms with Crippen molar-refractivity contribution in [3.05, 3.63) is 0 Å². The number of amides is 2. The summed E-state index contributed by atoms with van der Waals surface area (Å²) in [6, 6.07) is 0. The molecule has 0 radical (unpaired) electrons. The first-order chi connectivity index (χ1) is 9.00. The van der Waals surface area contributed by atoms with E-state index >= 15 is 0 Å². The van der Waals surface area contributed by atoms with Crippen LogP contribution < -0.4 is 0 Å². The SMILES string of the molecule is CN1CCCN(C(=O)[C@@H]2CCC[C@@H]2C(=O)O)CC1=O. The van der Waals surface area contributed by atoms with Gasteiger partial charge in [0.05, 0.1) is 18.4 Å². The van der Waals surface area contributed by atoms with Crippen LogP contribution in [0.15, 0.2) is 0 Å². The second-order valence-electron chi connectivity index (χ2n) is 5.41. The summed E-state index contributed by atoms with van der Waals surface area (Å²) in [7, 11) is 1.73. The van der Waals surface area contributed by atoms with E-state index in [2.05, 4.69) is 0 Å². The number of carbonyl (C=O) groups excluding carboxylic acids is 2. The summed E-state index contributed by atoms with van der Waals surface area (Å²) in [6.07, 6.45) is 2.71. The van der Waals surface area contributed by atoms with Crippen molar-refractivity contribution in [2.75, 3.05) is 26.7 Å². The first kappa shape index (κ1) is 13.8. The average Bonchev–Trinajstić information content (AvgIpc) is 2.79. The van der Waals surface area contributed by atoms with Crippen LogP contribution in [0.1, 0.15) is 25.7 Å². The van der Waals surface area contributed by atoms with Crippen molar-refractivity contribution in [1.29, 1.82) is 0 Å². The molecule has 6 heteroatoms. The molecule has 106 valence electrons. The Balaban J connectivity index is 2.06. The van der Waals surface area contributed by atoms with Gasteiger partial charge in [-0.25, -0.2) is 0 Å². The Morgan fingerprint density at radius 2 is 1.84 bits per heavy atom. The van der Waals surface area contributed by atoms with Crippen molar-refractivity contribution < 1.29 is 19.5 Å². The average molecular weight is 268 g/mol. The van der Waals surface area contributed by atoms with Crippen molar-refractivity contribution in [2.45, 2.75) is 25.7 Å². The molecule has 0 unspecified atom stereocenters. The monoisotopic (exact) mass is 268 g/mol. The predicted octanol–water partition coefficient (Wildman–Crippen LogP) is 0.178. The second-order valence-corrected chi connectivity index (χ2v) is 5.41. The largest absolute Gasteiger partial charge is 0.481 e. The highest BCUT2D eigenvalue weighted by Crippen LogP contribution is 2.33. The van der Waals surface area contributed by atoms with Gasteiger partial charge in [0.25, 0.3) is 0 Å². The van der Waals surface area contributed by atoms with Crippen molar-refractivity contribution in [3.8, 4) is 0 Å². The number of hydrogen-bond donors (Lipinski definition) is 1. The minimum atomic E-state index is -0.894. The van der Waals surface area contributed by atoms with Crippen LogP contribution in [-0.4, -0.2) is 59.4 Å². The third-order valence-corrected chi connectivity index (χ3v) is 4.14. The van der Waals surface area contributed by atoms with E-state index < -0.39 is 17.8 Å². The van der Waals surface area contributed by atoms with Crippen molar-refractivity contribution in [3.63, 3.8) is 0 Å². The molecule has 1 aliphatic carbocycles. The van der Waals surface area contributed by atoms with Gasteiger partial charge >= 0.3 is 5.97 Å². The molecule has 0 bridgehead atoms. The van der Waals surface area contributed by atoms with Gasteiger partial charge in [0.15, 0.2) is 0 Å². The van der Waals surface area contributed by atoms with Gasteiger partial charge in [0.1, 0.15) is 0 Å².